The molecule has 2 heterocycles. The summed E-state index contributed by atoms with van der Waals surface area (Å²) in [7, 11) is 0. The van der Waals surface area contributed by atoms with Gasteiger partial charge in [0.25, 0.3) is 0 Å². The van der Waals surface area contributed by atoms with Crippen LogP contribution in [0.3, 0.4) is 0 Å². The molecule has 0 aliphatic heterocycles. The molecule has 2 aromatic heterocycles. The van der Waals surface area contributed by atoms with Crippen molar-refractivity contribution in [2.45, 2.75) is 10.2 Å². The van der Waals surface area contributed by atoms with Crippen LogP contribution in [0.1, 0.15) is 0 Å². The van der Waals surface area contributed by atoms with Gasteiger partial charge in [-0.2, -0.15) is 4.68 Å². The second kappa shape index (κ2) is 6.14. The molecule has 0 radical (unpaired) electrons. The Balaban J connectivity index is 1.77. The second-order valence-electron chi connectivity index (χ2n) is 4.77. The van der Waals surface area contributed by atoms with E-state index in [0.717, 1.165) is 5.69 Å². The highest BCUT2D eigenvalue weighted by Crippen LogP contribution is 2.31. The molecule has 0 amide bonds. The van der Waals surface area contributed by atoms with Crippen LogP contribution in [0, 0.1) is 5.82 Å². The van der Waals surface area contributed by atoms with Crippen molar-refractivity contribution in [3.8, 4) is 5.69 Å². The van der Waals surface area contributed by atoms with Gasteiger partial charge in [0.05, 0.1) is 5.69 Å². The zero-order valence-electron chi connectivity index (χ0n) is 12.0. The Morgan fingerprint density at radius 1 is 1.04 bits per heavy atom. The minimum absolute atomic E-state index is 0.264. The van der Waals surface area contributed by atoms with Gasteiger partial charge >= 0.3 is 0 Å². The molecule has 0 spiro atoms. The summed E-state index contributed by atoms with van der Waals surface area (Å²) in [6.45, 7) is 0. The van der Waals surface area contributed by atoms with Crippen LogP contribution in [-0.2, 0) is 0 Å². The summed E-state index contributed by atoms with van der Waals surface area (Å²) >= 11 is 7.14. The summed E-state index contributed by atoms with van der Waals surface area (Å²) in [4.78, 5) is 8.22. The number of hydrogen-bond acceptors (Lipinski definition) is 6. The van der Waals surface area contributed by atoms with Crippen LogP contribution >= 0.6 is 23.4 Å². The number of hydrogen-bond donors (Lipinski definition) is 0. The summed E-state index contributed by atoms with van der Waals surface area (Å²) in [5.41, 5.74) is 1.02. The second-order valence-corrected chi connectivity index (χ2v) is 6.16. The van der Waals surface area contributed by atoms with Crippen molar-refractivity contribution in [3.63, 3.8) is 0 Å². The van der Waals surface area contributed by atoms with E-state index < -0.39 is 5.82 Å². The van der Waals surface area contributed by atoms with Crippen molar-refractivity contribution in [2.75, 3.05) is 0 Å². The molecule has 0 fully saturated rings. The third kappa shape index (κ3) is 2.70. The first-order valence-corrected chi connectivity index (χ1v) is 8.03. The van der Waals surface area contributed by atoms with Gasteiger partial charge in [0.1, 0.15) is 22.7 Å². The van der Waals surface area contributed by atoms with E-state index in [0.29, 0.717) is 20.6 Å². The highest BCUT2D eigenvalue weighted by molar-refractivity contribution is 7.99. The van der Waals surface area contributed by atoms with Crippen molar-refractivity contribution in [2.24, 2.45) is 0 Å². The van der Waals surface area contributed by atoms with Gasteiger partial charge < -0.3 is 0 Å². The highest BCUT2D eigenvalue weighted by Gasteiger charge is 2.14. The molecule has 4 rings (SSSR count). The molecular formula is C15H8ClFN6S. The Hall–Kier alpha value is -2.58. The molecular weight excluding hydrogens is 351 g/mol. The molecule has 0 unspecified atom stereocenters. The van der Waals surface area contributed by atoms with Crippen LogP contribution in [0.4, 0.5) is 4.39 Å². The number of para-hydroxylation sites is 1. The van der Waals surface area contributed by atoms with Crippen molar-refractivity contribution in [1.82, 2.24) is 30.2 Å². The summed E-state index contributed by atoms with van der Waals surface area (Å²) in [6, 6.07) is 11.9. The van der Waals surface area contributed by atoms with Crippen LogP contribution in [-0.4, -0.2) is 30.2 Å². The lowest BCUT2D eigenvalue weighted by molar-refractivity contribution is 0.636. The minimum Gasteiger partial charge on any atom is -0.233 e. The third-order valence-corrected chi connectivity index (χ3v) is 4.49. The number of halogens is 2. The molecule has 2 aromatic carbocycles. The van der Waals surface area contributed by atoms with Crippen LogP contribution in [0.2, 0.25) is 5.02 Å². The zero-order valence-corrected chi connectivity index (χ0v) is 13.5. The van der Waals surface area contributed by atoms with E-state index in [-0.39, 0.29) is 5.52 Å². The van der Waals surface area contributed by atoms with Crippen LogP contribution in [0.5, 0.6) is 0 Å². The number of aromatic nitrogens is 6. The van der Waals surface area contributed by atoms with Crippen LogP contribution < -0.4 is 0 Å². The van der Waals surface area contributed by atoms with E-state index in [1.165, 1.54) is 24.2 Å². The average Bonchev–Trinajstić information content (AvgIpc) is 3.05. The van der Waals surface area contributed by atoms with Gasteiger partial charge in [-0.15, -0.1) is 5.10 Å². The van der Waals surface area contributed by atoms with E-state index >= 15 is 0 Å². The first-order chi connectivity index (χ1) is 11.7. The normalized spacial score (nSPS) is 11.1. The molecule has 0 N–H and O–H groups in total. The fraction of sp³-hybridized carbons (Fsp3) is 0. The van der Waals surface area contributed by atoms with E-state index in [9.17, 15) is 4.39 Å². The van der Waals surface area contributed by atoms with Crippen LogP contribution in [0.25, 0.3) is 16.6 Å². The van der Waals surface area contributed by atoms with Gasteiger partial charge in [0.2, 0.25) is 5.16 Å². The van der Waals surface area contributed by atoms with Crippen LogP contribution in [0.15, 0.2) is 59.0 Å². The SMILES string of the molecule is Fc1cccc2c(Sc3nnnn3-c3ccc(Cl)cc3)ncnc12. The molecule has 0 bridgehead atoms. The Morgan fingerprint density at radius 3 is 2.71 bits per heavy atom. The Morgan fingerprint density at radius 2 is 1.88 bits per heavy atom. The Labute approximate surface area is 144 Å². The first kappa shape index (κ1) is 15.0. The molecule has 118 valence electrons. The van der Waals surface area contributed by atoms with Gasteiger partial charge in [-0.3, -0.25) is 0 Å². The lowest BCUT2D eigenvalue weighted by Crippen LogP contribution is -1.99. The van der Waals surface area contributed by atoms with Crippen molar-refractivity contribution >= 4 is 34.3 Å². The number of fused-ring (bicyclic) bond motifs is 1. The van der Waals surface area contributed by atoms with Gasteiger partial charge in [-0.05, 0) is 58.6 Å². The molecule has 0 aliphatic carbocycles. The number of nitrogens with zero attached hydrogens (tertiary/aromatic N) is 6. The average molecular weight is 359 g/mol. The van der Waals surface area contributed by atoms with E-state index in [1.807, 2.05) is 0 Å². The molecule has 0 atom stereocenters. The fourth-order valence-electron chi connectivity index (χ4n) is 2.18. The molecule has 9 heteroatoms. The molecule has 6 nitrogen and oxygen atoms in total. The van der Waals surface area contributed by atoms with E-state index in [1.54, 1.807) is 41.1 Å². The standard InChI is InChI=1S/C15H8ClFN6S/c16-9-4-6-10(7-5-9)23-15(20-21-22-23)24-14-11-2-1-3-12(17)13(11)18-8-19-14/h1-8H. The predicted octanol–water partition coefficient (Wildman–Crippen LogP) is 3.55. The van der Waals surface area contributed by atoms with E-state index in [2.05, 4.69) is 25.5 Å². The summed E-state index contributed by atoms with van der Waals surface area (Å²) in [5, 5.41) is 14.0. The van der Waals surface area contributed by atoms with Gasteiger partial charge in [-0.1, -0.05) is 17.7 Å². The molecule has 0 saturated heterocycles. The van der Waals surface area contributed by atoms with Gasteiger partial charge in [0.15, 0.2) is 0 Å². The number of rotatable bonds is 3. The quantitative estimate of drug-likeness (QED) is 0.522. The maximum atomic E-state index is 13.9. The van der Waals surface area contributed by atoms with Gasteiger partial charge in [-0.25, -0.2) is 14.4 Å². The summed E-state index contributed by atoms with van der Waals surface area (Å²) in [6.07, 6.45) is 1.32. The molecule has 0 aliphatic rings. The summed E-state index contributed by atoms with van der Waals surface area (Å²) < 4.78 is 15.4. The molecule has 4 aromatic rings. The summed E-state index contributed by atoms with van der Waals surface area (Å²) in [5.74, 6) is -0.394. The lowest BCUT2D eigenvalue weighted by Gasteiger charge is -2.06. The first-order valence-electron chi connectivity index (χ1n) is 6.84. The maximum absolute atomic E-state index is 13.9. The number of tetrazole rings is 1. The van der Waals surface area contributed by atoms with Crippen molar-refractivity contribution in [1.29, 1.82) is 0 Å². The van der Waals surface area contributed by atoms with E-state index in [4.69, 9.17) is 11.6 Å². The maximum Gasteiger partial charge on any atom is 0.220 e. The Bertz CT molecular complexity index is 1020. The topological polar surface area (TPSA) is 69.4 Å². The minimum atomic E-state index is -0.394. The smallest absolute Gasteiger partial charge is 0.220 e. The van der Waals surface area contributed by atoms with Crippen molar-refractivity contribution in [3.05, 3.63) is 59.6 Å². The fourth-order valence-corrected chi connectivity index (χ4v) is 3.16. The molecule has 24 heavy (non-hydrogen) atoms. The third-order valence-electron chi connectivity index (χ3n) is 3.28. The lowest BCUT2D eigenvalue weighted by atomic mass is 10.2. The predicted molar refractivity (Wildman–Crippen MR) is 87.8 cm³/mol. The number of benzene rings is 2. The Kier molecular flexibility index (Phi) is 3.83. The zero-order chi connectivity index (χ0) is 16.5. The largest absolute Gasteiger partial charge is 0.233 e. The van der Waals surface area contributed by atoms with Crippen molar-refractivity contribution < 1.29 is 4.39 Å². The van der Waals surface area contributed by atoms with Gasteiger partial charge in [0, 0.05) is 10.4 Å². The highest BCUT2D eigenvalue weighted by atomic mass is 35.5. The monoisotopic (exact) mass is 358 g/mol. The molecule has 0 saturated carbocycles.